The Labute approximate surface area is 165 Å². The van der Waals surface area contributed by atoms with Crippen LogP contribution < -0.4 is 10.4 Å². The Kier molecular flexibility index (Phi) is 6.66. The van der Waals surface area contributed by atoms with Crippen molar-refractivity contribution >= 4 is 21.6 Å². The van der Waals surface area contributed by atoms with E-state index < -0.39 is 21.2 Å². The molecule has 1 fully saturated rings. The Morgan fingerprint density at radius 2 is 1.54 bits per heavy atom. The highest BCUT2D eigenvalue weighted by atomic mass is 32.2. The van der Waals surface area contributed by atoms with Crippen LogP contribution in [0.15, 0.2) is 60.7 Å². The zero-order chi connectivity index (χ0) is 20.0. The molecule has 1 aliphatic rings. The lowest BCUT2D eigenvalue weighted by molar-refractivity contribution is -0.129. The van der Waals surface area contributed by atoms with E-state index >= 15 is 0 Å². The smallest absolute Gasteiger partial charge is 0.244 e. The summed E-state index contributed by atoms with van der Waals surface area (Å²) >= 11 is 0. The van der Waals surface area contributed by atoms with Crippen molar-refractivity contribution in [3.63, 3.8) is 0 Å². The molecule has 1 heterocycles. The number of carbonyl (C=O) groups excluding carboxylic acids is 1. The number of nitrogens with one attached hydrogen (secondary N) is 1. The highest BCUT2D eigenvalue weighted by Gasteiger charge is 2.35. The van der Waals surface area contributed by atoms with Crippen LogP contribution in [0.25, 0.3) is 0 Å². The summed E-state index contributed by atoms with van der Waals surface area (Å²) < 4.78 is 27.9. The summed E-state index contributed by atoms with van der Waals surface area (Å²) in [5.41, 5.74) is 3.46. The van der Waals surface area contributed by atoms with Gasteiger partial charge in [-0.15, -0.1) is 0 Å². The first-order valence-electron chi connectivity index (χ1n) is 9.26. The van der Waals surface area contributed by atoms with Crippen molar-refractivity contribution in [2.75, 3.05) is 31.1 Å². The molecule has 8 heteroatoms. The molecular weight excluding hydrogens is 378 g/mol. The summed E-state index contributed by atoms with van der Waals surface area (Å²) in [5.74, 6) is -0.701. The number of nitrogens with zero attached hydrogens (tertiary/aromatic N) is 2. The van der Waals surface area contributed by atoms with Gasteiger partial charge in [0.05, 0.1) is 5.25 Å². The zero-order valence-corrected chi connectivity index (χ0v) is 16.4. The molecule has 2 aromatic carbocycles. The minimum absolute atomic E-state index is 0.218. The van der Waals surface area contributed by atoms with Gasteiger partial charge in [0.1, 0.15) is 0 Å². The third-order valence-corrected chi connectivity index (χ3v) is 7.25. The topological polar surface area (TPSA) is 90.0 Å². The van der Waals surface area contributed by atoms with Crippen LogP contribution in [-0.2, 0) is 21.2 Å². The maximum absolute atomic E-state index is 13.2. The van der Waals surface area contributed by atoms with Gasteiger partial charge in [-0.1, -0.05) is 48.5 Å². The normalized spacial score (nSPS) is 16.5. The van der Waals surface area contributed by atoms with Crippen LogP contribution in [0.4, 0.5) is 5.69 Å². The highest BCUT2D eigenvalue weighted by Crippen LogP contribution is 2.22. The number of sulfonamides is 1. The number of amides is 1. The fourth-order valence-corrected chi connectivity index (χ4v) is 5.32. The van der Waals surface area contributed by atoms with E-state index in [4.69, 9.17) is 5.21 Å². The number of para-hydroxylation sites is 1. The Bertz CT molecular complexity index is 867. The van der Waals surface area contributed by atoms with Gasteiger partial charge in [0, 0.05) is 38.3 Å². The van der Waals surface area contributed by atoms with E-state index in [1.54, 1.807) is 5.48 Å². The largest absolute Gasteiger partial charge is 0.369 e. The number of hydrogen-bond acceptors (Lipinski definition) is 5. The van der Waals surface area contributed by atoms with Crippen LogP contribution in [0, 0.1) is 0 Å². The summed E-state index contributed by atoms with van der Waals surface area (Å²) in [7, 11) is -3.70. The van der Waals surface area contributed by atoms with Gasteiger partial charge < -0.3 is 4.90 Å². The Morgan fingerprint density at radius 1 is 0.964 bits per heavy atom. The van der Waals surface area contributed by atoms with E-state index in [2.05, 4.69) is 4.90 Å². The minimum Gasteiger partial charge on any atom is -0.369 e. The average Bonchev–Trinajstić information content (AvgIpc) is 2.74. The lowest BCUT2D eigenvalue weighted by atomic mass is 10.1. The van der Waals surface area contributed by atoms with E-state index in [-0.39, 0.29) is 12.8 Å². The number of hydrogen-bond donors (Lipinski definition) is 2. The predicted octanol–water partition coefficient (Wildman–Crippen LogP) is 1.65. The molecule has 0 radical (unpaired) electrons. The van der Waals surface area contributed by atoms with Crippen molar-refractivity contribution in [1.82, 2.24) is 9.79 Å². The monoisotopic (exact) mass is 403 g/mol. The fourth-order valence-electron chi connectivity index (χ4n) is 3.46. The molecule has 0 bridgehead atoms. The van der Waals surface area contributed by atoms with Gasteiger partial charge in [0.2, 0.25) is 15.9 Å². The van der Waals surface area contributed by atoms with Crippen LogP contribution >= 0.6 is 0 Å². The van der Waals surface area contributed by atoms with Crippen molar-refractivity contribution in [1.29, 1.82) is 0 Å². The molecule has 0 aromatic heterocycles. The van der Waals surface area contributed by atoms with E-state index in [0.29, 0.717) is 26.2 Å². The van der Waals surface area contributed by atoms with Gasteiger partial charge in [-0.3, -0.25) is 10.0 Å². The van der Waals surface area contributed by atoms with Gasteiger partial charge >= 0.3 is 0 Å². The maximum atomic E-state index is 13.2. The van der Waals surface area contributed by atoms with Crippen molar-refractivity contribution in [3.05, 3.63) is 66.2 Å². The third-order valence-electron chi connectivity index (χ3n) is 4.99. The van der Waals surface area contributed by atoms with Crippen LogP contribution in [0.2, 0.25) is 0 Å². The van der Waals surface area contributed by atoms with Crippen molar-refractivity contribution in [2.24, 2.45) is 0 Å². The molecule has 0 aliphatic carbocycles. The molecular formula is C20H25N3O4S. The molecule has 1 atom stereocenters. The lowest BCUT2D eigenvalue weighted by Crippen LogP contribution is -2.52. The van der Waals surface area contributed by atoms with Crippen LogP contribution in [0.1, 0.15) is 12.0 Å². The van der Waals surface area contributed by atoms with Gasteiger partial charge in [-0.05, 0) is 24.1 Å². The van der Waals surface area contributed by atoms with Crippen LogP contribution in [0.3, 0.4) is 0 Å². The summed E-state index contributed by atoms with van der Waals surface area (Å²) in [6.45, 7) is 1.91. The van der Waals surface area contributed by atoms with Crippen molar-refractivity contribution in [3.8, 4) is 0 Å². The van der Waals surface area contributed by atoms with Gasteiger partial charge in [0.15, 0.2) is 0 Å². The zero-order valence-electron chi connectivity index (χ0n) is 15.6. The van der Waals surface area contributed by atoms with Crippen LogP contribution in [-0.4, -0.2) is 55.3 Å². The number of piperazine rings is 1. The molecule has 28 heavy (non-hydrogen) atoms. The predicted molar refractivity (Wildman–Crippen MR) is 108 cm³/mol. The highest BCUT2D eigenvalue weighted by molar-refractivity contribution is 7.89. The quantitative estimate of drug-likeness (QED) is 0.542. The molecule has 1 unspecified atom stereocenters. The van der Waals surface area contributed by atoms with Gasteiger partial charge in [0.25, 0.3) is 0 Å². The second kappa shape index (κ2) is 9.18. The van der Waals surface area contributed by atoms with Crippen molar-refractivity contribution < 1.29 is 18.4 Å². The summed E-state index contributed by atoms with van der Waals surface area (Å²) in [4.78, 5) is 13.9. The molecule has 0 spiro atoms. The average molecular weight is 404 g/mol. The Balaban J connectivity index is 1.72. The van der Waals surface area contributed by atoms with E-state index in [9.17, 15) is 13.2 Å². The van der Waals surface area contributed by atoms with Crippen LogP contribution in [0.5, 0.6) is 0 Å². The molecule has 3 rings (SSSR count). The lowest BCUT2D eigenvalue weighted by Gasteiger charge is -2.37. The summed E-state index contributed by atoms with van der Waals surface area (Å²) in [6, 6.07) is 19.1. The number of rotatable bonds is 7. The minimum atomic E-state index is -3.70. The number of benzene rings is 2. The molecule has 2 aromatic rings. The van der Waals surface area contributed by atoms with E-state index in [1.807, 2.05) is 60.7 Å². The number of hydroxylamine groups is 1. The molecule has 150 valence electrons. The SMILES string of the molecule is O=C(CC(Cc1ccccc1)S(=O)(=O)N1CCN(c2ccccc2)CC1)NO. The van der Waals surface area contributed by atoms with E-state index in [1.165, 1.54) is 4.31 Å². The van der Waals surface area contributed by atoms with E-state index in [0.717, 1.165) is 11.3 Å². The second-order valence-electron chi connectivity index (χ2n) is 6.82. The van der Waals surface area contributed by atoms with Gasteiger partial charge in [-0.2, -0.15) is 4.31 Å². The number of carbonyl (C=O) groups is 1. The van der Waals surface area contributed by atoms with Gasteiger partial charge in [-0.25, -0.2) is 13.9 Å². The third kappa shape index (κ3) is 4.89. The summed E-state index contributed by atoms with van der Waals surface area (Å²) in [6.07, 6.45) is -0.0673. The molecule has 1 aliphatic heterocycles. The Hall–Kier alpha value is -2.42. The second-order valence-corrected chi connectivity index (χ2v) is 9.03. The maximum Gasteiger partial charge on any atom is 0.244 e. The molecule has 0 saturated carbocycles. The number of anilines is 1. The summed E-state index contributed by atoms with van der Waals surface area (Å²) in [5, 5.41) is 7.95. The first-order valence-corrected chi connectivity index (χ1v) is 10.8. The standard InChI is InChI=1S/C20H25N3O4S/c24-20(21-25)16-19(15-17-7-3-1-4-8-17)28(26,27)23-13-11-22(12-14-23)18-9-5-2-6-10-18/h1-10,19,25H,11-16H2,(H,21,24). The first-order chi connectivity index (χ1) is 13.5. The first kappa shape index (κ1) is 20.3. The fraction of sp³-hybridized carbons (Fsp3) is 0.350. The Morgan fingerprint density at radius 3 is 2.11 bits per heavy atom. The molecule has 7 nitrogen and oxygen atoms in total. The molecule has 1 saturated heterocycles. The molecule has 1 amide bonds. The molecule has 2 N–H and O–H groups in total. The van der Waals surface area contributed by atoms with Crippen molar-refractivity contribution in [2.45, 2.75) is 18.1 Å².